The summed E-state index contributed by atoms with van der Waals surface area (Å²) in [7, 11) is 0. The maximum Gasteiger partial charge on any atom is 0.0468 e. The molecular weight excluding hydrogens is 217 g/mol. The number of benzene rings is 1. The van der Waals surface area contributed by atoms with E-state index in [1.807, 2.05) is 18.2 Å². The fourth-order valence-electron chi connectivity index (χ4n) is 1.86. The fraction of sp³-hybridized carbons (Fsp3) is 0.455. The molecule has 1 aliphatic carbocycles. The van der Waals surface area contributed by atoms with Gasteiger partial charge < -0.3 is 5.73 Å². The summed E-state index contributed by atoms with van der Waals surface area (Å²) in [6.45, 7) is 0. The zero-order valence-electron chi connectivity index (χ0n) is 7.84. The molecule has 76 valence electrons. The van der Waals surface area contributed by atoms with Crippen LogP contribution >= 0.6 is 23.2 Å². The van der Waals surface area contributed by atoms with E-state index in [0.29, 0.717) is 16.0 Å². The molecule has 0 unspecified atom stereocenters. The average Bonchev–Trinajstić information content (AvgIpc) is 2.00. The van der Waals surface area contributed by atoms with Gasteiger partial charge in [0.05, 0.1) is 0 Å². The van der Waals surface area contributed by atoms with E-state index in [9.17, 15) is 0 Å². The molecule has 0 amide bonds. The average molecular weight is 230 g/mol. The van der Waals surface area contributed by atoms with Crippen LogP contribution in [0.4, 0.5) is 0 Å². The fourth-order valence-corrected chi connectivity index (χ4v) is 2.51. The third-order valence-electron chi connectivity index (χ3n) is 2.99. The van der Waals surface area contributed by atoms with Gasteiger partial charge in [-0.2, -0.15) is 0 Å². The van der Waals surface area contributed by atoms with Crippen LogP contribution in [0.5, 0.6) is 0 Å². The van der Waals surface area contributed by atoms with Crippen LogP contribution in [0.25, 0.3) is 0 Å². The summed E-state index contributed by atoms with van der Waals surface area (Å²) in [6, 6.07) is 5.55. The first-order chi connectivity index (χ1) is 6.70. The van der Waals surface area contributed by atoms with Gasteiger partial charge in [0.2, 0.25) is 0 Å². The largest absolute Gasteiger partial charge is 0.324 e. The molecule has 0 bridgehead atoms. The Balaban J connectivity index is 2.29. The first-order valence-corrected chi connectivity index (χ1v) is 5.65. The molecule has 2 N–H and O–H groups in total. The van der Waals surface area contributed by atoms with Gasteiger partial charge in [0.15, 0.2) is 0 Å². The molecule has 0 aromatic heterocycles. The summed E-state index contributed by atoms with van der Waals surface area (Å²) in [4.78, 5) is 0. The Labute approximate surface area is 94.2 Å². The molecule has 1 aromatic rings. The summed E-state index contributed by atoms with van der Waals surface area (Å²) < 4.78 is 0. The van der Waals surface area contributed by atoms with Crippen LogP contribution in [0.2, 0.25) is 10.0 Å². The highest BCUT2D eigenvalue weighted by Gasteiger charge is 2.28. The molecule has 0 spiro atoms. The van der Waals surface area contributed by atoms with Crippen LogP contribution in [0, 0.1) is 5.92 Å². The minimum Gasteiger partial charge on any atom is -0.324 e. The van der Waals surface area contributed by atoms with E-state index in [0.717, 1.165) is 5.56 Å². The Morgan fingerprint density at radius 1 is 1.21 bits per heavy atom. The maximum atomic E-state index is 6.13. The van der Waals surface area contributed by atoms with Crippen molar-refractivity contribution in [3.8, 4) is 0 Å². The molecule has 0 heterocycles. The van der Waals surface area contributed by atoms with E-state index in [4.69, 9.17) is 28.9 Å². The molecule has 14 heavy (non-hydrogen) atoms. The van der Waals surface area contributed by atoms with Gasteiger partial charge >= 0.3 is 0 Å². The molecular formula is C11H13Cl2N. The van der Waals surface area contributed by atoms with Crippen LogP contribution in [0.3, 0.4) is 0 Å². The highest BCUT2D eigenvalue weighted by molar-refractivity contribution is 6.36. The molecule has 1 aromatic carbocycles. The minimum absolute atomic E-state index is 0.00458. The molecule has 1 fully saturated rings. The highest BCUT2D eigenvalue weighted by atomic mass is 35.5. The van der Waals surface area contributed by atoms with Crippen molar-refractivity contribution in [2.75, 3.05) is 0 Å². The Morgan fingerprint density at radius 3 is 2.21 bits per heavy atom. The number of nitrogens with two attached hydrogens (primary N) is 1. The zero-order chi connectivity index (χ0) is 10.1. The highest BCUT2D eigenvalue weighted by Crippen LogP contribution is 2.40. The predicted octanol–water partition coefficient (Wildman–Crippen LogP) is 3.79. The summed E-state index contributed by atoms with van der Waals surface area (Å²) in [5.74, 6) is 0.562. The lowest BCUT2D eigenvalue weighted by atomic mass is 9.77. The normalized spacial score (nSPS) is 19.1. The third-order valence-corrected chi connectivity index (χ3v) is 3.65. The summed E-state index contributed by atoms with van der Waals surface area (Å²) in [6.07, 6.45) is 3.67. The van der Waals surface area contributed by atoms with E-state index in [-0.39, 0.29) is 6.04 Å². The van der Waals surface area contributed by atoms with Crippen molar-refractivity contribution >= 4 is 23.2 Å². The standard InChI is InChI=1S/C11H13Cl2N/c12-8-5-2-6-9(13)10(8)11(14)7-3-1-4-7/h2,5-7,11H,1,3-4,14H2/t11-/m1/s1. The quantitative estimate of drug-likeness (QED) is 0.821. The van der Waals surface area contributed by atoms with Crippen molar-refractivity contribution in [2.24, 2.45) is 11.7 Å². The number of hydrogen-bond acceptors (Lipinski definition) is 1. The van der Waals surface area contributed by atoms with Crippen LogP contribution < -0.4 is 5.73 Å². The van der Waals surface area contributed by atoms with Crippen LogP contribution in [-0.4, -0.2) is 0 Å². The van der Waals surface area contributed by atoms with Crippen molar-refractivity contribution in [3.05, 3.63) is 33.8 Å². The van der Waals surface area contributed by atoms with E-state index in [1.54, 1.807) is 0 Å². The third kappa shape index (κ3) is 1.77. The summed E-state index contributed by atoms with van der Waals surface area (Å²) in [5, 5.41) is 1.38. The van der Waals surface area contributed by atoms with Gasteiger partial charge in [-0.05, 0) is 30.9 Å². The van der Waals surface area contributed by atoms with Crippen LogP contribution in [0.1, 0.15) is 30.9 Å². The predicted molar refractivity (Wildman–Crippen MR) is 60.7 cm³/mol. The molecule has 0 saturated heterocycles. The Hall–Kier alpha value is -0.240. The van der Waals surface area contributed by atoms with Crippen molar-refractivity contribution in [1.82, 2.24) is 0 Å². The van der Waals surface area contributed by atoms with E-state index < -0.39 is 0 Å². The van der Waals surface area contributed by atoms with Crippen LogP contribution in [-0.2, 0) is 0 Å². The van der Waals surface area contributed by atoms with E-state index in [1.165, 1.54) is 19.3 Å². The lowest BCUT2D eigenvalue weighted by Gasteiger charge is -2.32. The Kier molecular flexibility index (Phi) is 3.01. The van der Waals surface area contributed by atoms with E-state index >= 15 is 0 Å². The smallest absolute Gasteiger partial charge is 0.0468 e. The molecule has 1 atom stereocenters. The zero-order valence-corrected chi connectivity index (χ0v) is 9.35. The molecule has 2 rings (SSSR count). The van der Waals surface area contributed by atoms with Gasteiger partial charge in [-0.3, -0.25) is 0 Å². The first-order valence-electron chi connectivity index (χ1n) is 4.89. The molecule has 0 aliphatic heterocycles. The van der Waals surface area contributed by atoms with Gasteiger partial charge in [0.25, 0.3) is 0 Å². The maximum absolute atomic E-state index is 6.13. The minimum atomic E-state index is 0.00458. The second-order valence-corrected chi connectivity index (χ2v) is 4.67. The molecule has 0 radical (unpaired) electrons. The van der Waals surface area contributed by atoms with Gasteiger partial charge in [0.1, 0.15) is 0 Å². The Morgan fingerprint density at radius 2 is 1.79 bits per heavy atom. The number of hydrogen-bond donors (Lipinski definition) is 1. The molecule has 3 heteroatoms. The van der Waals surface area contributed by atoms with E-state index in [2.05, 4.69) is 0 Å². The van der Waals surface area contributed by atoms with Gasteiger partial charge in [-0.15, -0.1) is 0 Å². The van der Waals surface area contributed by atoms with Crippen molar-refractivity contribution in [2.45, 2.75) is 25.3 Å². The van der Waals surface area contributed by atoms with Crippen LogP contribution in [0.15, 0.2) is 18.2 Å². The summed E-state index contributed by atoms with van der Waals surface area (Å²) >= 11 is 12.2. The lowest BCUT2D eigenvalue weighted by Crippen LogP contribution is -2.27. The monoisotopic (exact) mass is 229 g/mol. The first kappa shape index (κ1) is 10.3. The summed E-state index contributed by atoms with van der Waals surface area (Å²) in [5.41, 5.74) is 7.05. The van der Waals surface area contributed by atoms with Gasteiger partial charge in [-0.1, -0.05) is 35.7 Å². The molecule has 1 aliphatic rings. The van der Waals surface area contributed by atoms with Crippen molar-refractivity contribution < 1.29 is 0 Å². The second kappa shape index (κ2) is 4.09. The molecule has 1 nitrogen and oxygen atoms in total. The topological polar surface area (TPSA) is 26.0 Å². The number of halogens is 2. The molecule has 1 saturated carbocycles. The van der Waals surface area contributed by atoms with Gasteiger partial charge in [0, 0.05) is 21.7 Å². The van der Waals surface area contributed by atoms with Crippen molar-refractivity contribution in [1.29, 1.82) is 0 Å². The Bertz CT molecular complexity index is 314. The second-order valence-electron chi connectivity index (χ2n) is 3.85. The van der Waals surface area contributed by atoms with Gasteiger partial charge in [-0.25, -0.2) is 0 Å². The number of rotatable bonds is 2. The van der Waals surface area contributed by atoms with Crippen molar-refractivity contribution in [3.63, 3.8) is 0 Å². The lowest BCUT2D eigenvalue weighted by molar-refractivity contribution is 0.264. The SMILES string of the molecule is N[C@@H](c1c(Cl)cccc1Cl)C1CCC1.